The molecule has 5 nitrogen and oxygen atoms in total. The summed E-state index contributed by atoms with van der Waals surface area (Å²) in [5, 5.41) is 3.17. The number of nitrogens with zero attached hydrogens (tertiary/aromatic N) is 1. The van der Waals surface area contributed by atoms with Gasteiger partial charge in [-0.25, -0.2) is 4.98 Å². The van der Waals surface area contributed by atoms with Gasteiger partial charge >= 0.3 is 0 Å². The van der Waals surface area contributed by atoms with Gasteiger partial charge in [-0.2, -0.15) is 0 Å². The highest BCUT2D eigenvalue weighted by molar-refractivity contribution is 5.68. The van der Waals surface area contributed by atoms with Crippen molar-refractivity contribution in [3.8, 4) is 0 Å². The summed E-state index contributed by atoms with van der Waals surface area (Å²) in [5.41, 5.74) is 20.4. The number of hydrogen-bond donors (Lipinski definition) is 4. The van der Waals surface area contributed by atoms with Gasteiger partial charge in [-0.15, -0.1) is 0 Å². The van der Waals surface area contributed by atoms with Crippen LogP contribution in [0.25, 0.3) is 0 Å². The molecule has 7 N–H and O–H groups in total. The van der Waals surface area contributed by atoms with Crippen LogP contribution in [-0.4, -0.2) is 18.6 Å². The van der Waals surface area contributed by atoms with E-state index in [1.807, 2.05) is 31.3 Å². The largest absolute Gasteiger partial charge is 0.396 e. The van der Waals surface area contributed by atoms with Gasteiger partial charge in [0, 0.05) is 5.92 Å². The summed E-state index contributed by atoms with van der Waals surface area (Å²) >= 11 is 0. The molecular weight excluding hydrogens is 250 g/mol. The van der Waals surface area contributed by atoms with E-state index in [1.54, 1.807) is 0 Å². The molecule has 0 spiro atoms. The second-order valence-electron chi connectivity index (χ2n) is 4.79. The standard InChI is InChI=1S/C15H21N5/c1-19-8-7-11(10-5-3-2-4-6-10)12-9-13(16)20-15(18)14(12)17/h2-6,9,11,19H,7-8,17H2,1H3,(H4,16,18,20). The molecule has 0 radical (unpaired) electrons. The number of nitrogen functional groups attached to an aromatic ring is 3. The lowest BCUT2D eigenvalue weighted by atomic mass is 9.88. The summed E-state index contributed by atoms with van der Waals surface area (Å²) in [7, 11) is 1.93. The van der Waals surface area contributed by atoms with E-state index in [-0.39, 0.29) is 5.92 Å². The van der Waals surface area contributed by atoms with Gasteiger partial charge in [0.1, 0.15) is 11.6 Å². The van der Waals surface area contributed by atoms with Crippen LogP contribution in [0.1, 0.15) is 23.5 Å². The number of aromatic nitrogens is 1. The molecule has 20 heavy (non-hydrogen) atoms. The maximum absolute atomic E-state index is 6.10. The number of pyridine rings is 1. The summed E-state index contributed by atoms with van der Waals surface area (Å²) in [5.74, 6) is 0.846. The van der Waals surface area contributed by atoms with Gasteiger partial charge in [-0.3, -0.25) is 0 Å². The fourth-order valence-electron chi connectivity index (χ4n) is 2.38. The van der Waals surface area contributed by atoms with Crippen molar-refractivity contribution in [1.82, 2.24) is 10.3 Å². The van der Waals surface area contributed by atoms with Crippen molar-refractivity contribution in [2.24, 2.45) is 0 Å². The monoisotopic (exact) mass is 271 g/mol. The van der Waals surface area contributed by atoms with E-state index in [0.717, 1.165) is 18.5 Å². The first-order valence-corrected chi connectivity index (χ1v) is 6.64. The summed E-state index contributed by atoms with van der Waals surface area (Å²) in [6.45, 7) is 0.876. The molecule has 0 aliphatic rings. The van der Waals surface area contributed by atoms with Crippen LogP contribution < -0.4 is 22.5 Å². The number of benzene rings is 1. The first-order chi connectivity index (χ1) is 9.63. The molecule has 106 valence electrons. The van der Waals surface area contributed by atoms with Crippen molar-refractivity contribution in [1.29, 1.82) is 0 Å². The topological polar surface area (TPSA) is 103 Å². The van der Waals surface area contributed by atoms with Gasteiger partial charge in [-0.05, 0) is 37.2 Å². The molecule has 0 amide bonds. The summed E-state index contributed by atoms with van der Waals surface area (Å²) < 4.78 is 0. The third-order valence-corrected chi connectivity index (χ3v) is 3.40. The fraction of sp³-hybridized carbons (Fsp3) is 0.267. The Morgan fingerprint density at radius 3 is 2.50 bits per heavy atom. The van der Waals surface area contributed by atoms with Crippen LogP contribution in [-0.2, 0) is 0 Å². The second-order valence-corrected chi connectivity index (χ2v) is 4.79. The van der Waals surface area contributed by atoms with Gasteiger partial charge in [0.2, 0.25) is 0 Å². The third-order valence-electron chi connectivity index (χ3n) is 3.40. The van der Waals surface area contributed by atoms with Crippen molar-refractivity contribution in [3.05, 3.63) is 47.5 Å². The molecule has 0 bridgehead atoms. The maximum Gasteiger partial charge on any atom is 0.149 e. The average molecular weight is 271 g/mol. The van der Waals surface area contributed by atoms with Crippen molar-refractivity contribution in [3.63, 3.8) is 0 Å². The second kappa shape index (κ2) is 6.25. The molecule has 5 heteroatoms. The van der Waals surface area contributed by atoms with Crippen LogP contribution in [0.4, 0.5) is 17.3 Å². The van der Waals surface area contributed by atoms with Gasteiger partial charge in [0.25, 0.3) is 0 Å². The van der Waals surface area contributed by atoms with Gasteiger partial charge in [0.05, 0.1) is 5.69 Å². The van der Waals surface area contributed by atoms with Gasteiger partial charge in [0.15, 0.2) is 0 Å². The van der Waals surface area contributed by atoms with Gasteiger partial charge in [-0.1, -0.05) is 30.3 Å². The molecule has 0 saturated heterocycles. The van der Waals surface area contributed by atoms with E-state index in [4.69, 9.17) is 17.2 Å². The minimum Gasteiger partial charge on any atom is -0.396 e. The number of nitrogens with two attached hydrogens (primary N) is 3. The Labute approximate surface area is 119 Å². The average Bonchev–Trinajstić information content (AvgIpc) is 2.45. The van der Waals surface area contributed by atoms with Crippen LogP contribution in [0.2, 0.25) is 0 Å². The zero-order chi connectivity index (χ0) is 14.5. The van der Waals surface area contributed by atoms with Crippen LogP contribution in [0, 0.1) is 0 Å². The Bertz CT molecular complexity index is 568. The Kier molecular flexibility index (Phi) is 4.42. The summed E-state index contributed by atoms with van der Waals surface area (Å²) in [6, 6.07) is 12.0. The molecule has 1 aromatic carbocycles. The molecule has 0 aliphatic carbocycles. The van der Waals surface area contributed by atoms with Crippen LogP contribution in [0.15, 0.2) is 36.4 Å². The van der Waals surface area contributed by atoms with Crippen molar-refractivity contribution >= 4 is 17.3 Å². The quantitative estimate of drug-likeness (QED) is 0.661. The highest BCUT2D eigenvalue weighted by Gasteiger charge is 2.18. The highest BCUT2D eigenvalue weighted by Crippen LogP contribution is 2.34. The minimum absolute atomic E-state index is 0.149. The highest BCUT2D eigenvalue weighted by atomic mass is 14.9. The minimum atomic E-state index is 0.149. The van der Waals surface area contributed by atoms with E-state index in [1.165, 1.54) is 5.56 Å². The molecule has 0 fully saturated rings. The predicted octanol–water partition coefficient (Wildman–Crippen LogP) is 1.57. The molecule has 2 rings (SSSR count). The van der Waals surface area contributed by atoms with Crippen LogP contribution in [0.3, 0.4) is 0 Å². The van der Waals surface area contributed by atoms with Crippen molar-refractivity contribution in [2.45, 2.75) is 12.3 Å². The van der Waals surface area contributed by atoms with Crippen LogP contribution in [0.5, 0.6) is 0 Å². The summed E-state index contributed by atoms with van der Waals surface area (Å²) in [4.78, 5) is 4.01. The van der Waals surface area contributed by atoms with Crippen molar-refractivity contribution in [2.75, 3.05) is 30.8 Å². The van der Waals surface area contributed by atoms with E-state index >= 15 is 0 Å². The lowest BCUT2D eigenvalue weighted by Crippen LogP contribution is -2.15. The molecule has 0 aliphatic heterocycles. The van der Waals surface area contributed by atoms with E-state index in [9.17, 15) is 0 Å². The van der Waals surface area contributed by atoms with Gasteiger partial charge < -0.3 is 22.5 Å². The normalized spacial score (nSPS) is 12.2. The van der Waals surface area contributed by atoms with Crippen LogP contribution >= 0.6 is 0 Å². The molecule has 1 atom stereocenters. The lowest BCUT2D eigenvalue weighted by molar-refractivity contribution is 0.663. The van der Waals surface area contributed by atoms with Crippen molar-refractivity contribution < 1.29 is 0 Å². The molecule has 1 unspecified atom stereocenters. The molecule has 1 aromatic heterocycles. The fourth-order valence-corrected chi connectivity index (χ4v) is 2.38. The Balaban J connectivity index is 2.46. The zero-order valence-corrected chi connectivity index (χ0v) is 11.6. The molecule has 0 saturated carbocycles. The van der Waals surface area contributed by atoms with E-state index in [0.29, 0.717) is 17.3 Å². The number of nitrogens with one attached hydrogen (secondary N) is 1. The van der Waals surface area contributed by atoms with E-state index in [2.05, 4.69) is 22.4 Å². The summed E-state index contributed by atoms with van der Waals surface area (Å²) in [6.07, 6.45) is 0.910. The molecule has 2 aromatic rings. The Hall–Kier alpha value is -2.27. The number of hydrogen-bond acceptors (Lipinski definition) is 5. The lowest BCUT2D eigenvalue weighted by Gasteiger charge is -2.20. The number of rotatable bonds is 5. The zero-order valence-electron chi connectivity index (χ0n) is 11.6. The van der Waals surface area contributed by atoms with E-state index < -0.39 is 0 Å². The number of anilines is 3. The maximum atomic E-state index is 6.10. The SMILES string of the molecule is CNCCC(c1ccccc1)c1cc(N)nc(N)c1N. The Morgan fingerprint density at radius 1 is 1.15 bits per heavy atom. The first-order valence-electron chi connectivity index (χ1n) is 6.64. The first kappa shape index (κ1) is 14.1. The smallest absolute Gasteiger partial charge is 0.149 e. The predicted molar refractivity (Wildman–Crippen MR) is 84.3 cm³/mol. The molecular formula is C15H21N5. The molecule has 1 heterocycles. The third kappa shape index (κ3) is 3.00. The Morgan fingerprint density at radius 2 is 1.85 bits per heavy atom.